The van der Waals surface area contributed by atoms with Crippen molar-refractivity contribution in [3.63, 3.8) is 0 Å². The van der Waals surface area contributed by atoms with Crippen LogP contribution in [0.5, 0.6) is 0 Å². The molecule has 3 rings (SSSR count). The van der Waals surface area contributed by atoms with Crippen molar-refractivity contribution in [2.24, 2.45) is 5.92 Å². The van der Waals surface area contributed by atoms with Gasteiger partial charge < -0.3 is 5.32 Å². The van der Waals surface area contributed by atoms with E-state index in [0.717, 1.165) is 18.5 Å². The second-order valence-electron chi connectivity index (χ2n) is 6.84. The van der Waals surface area contributed by atoms with Crippen molar-refractivity contribution in [3.05, 3.63) is 34.9 Å². The van der Waals surface area contributed by atoms with E-state index in [2.05, 4.69) is 42.3 Å². The first-order valence-electron chi connectivity index (χ1n) is 8.23. The highest BCUT2D eigenvalue weighted by molar-refractivity contribution is 5.28. The van der Waals surface area contributed by atoms with Crippen molar-refractivity contribution in [2.45, 2.75) is 52.1 Å². The quantitative estimate of drug-likeness (QED) is 0.908. The van der Waals surface area contributed by atoms with Crippen LogP contribution in [0.15, 0.2) is 18.2 Å². The lowest BCUT2D eigenvalue weighted by molar-refractivity contribution is 0.145. The molecule has 2 fully saturated rings. The number of aryl methyl sites for hydroxylation is 2. The zero-order chi connectivity index (χ0) is 13.9. The van der Waals surface area contributed by atoms with Crippen molar-refractivity contribution in [1.82, 2.24) is 10.2 Å². The van der Waals surface area contributed by atoms with Gasteiger partial charge in [0.2, 0.25) is 0 Å². The number of nitrogens with zero attached hydrogens (tertiary/aromatic N) is 1. The monoisotopic (exact) mass is 272 g/mol. The maximum absolute atomic E-state index is 3.70. The predicted molar refractivity (Wildman–Crippen MR) is 84.9 cm³/mol. The summed E-state index contributed by atoms with van der Waals surface area (Å²) in [5, 5.41) is 3.70. The molecule has 0 aromatic heterocycles. The van der Waals surface area contributed by atoms with E-state index >= 15 is 0 Å². The molecule has 0 spiro atoms. The van der Waals surface area contributed by atoms with Crippen LogP contribution in [-0.2, 0) is 6.54 Å². The largest absolute Gasteiger partial charge is 0.314 e. The highest BCUT2D eigenvalue weighted by Crippen LogP contribution is 2.25. The Bertz CT molecular complexity index is 428. The minimum Gasteiger partial charge on any atom is -0.314 e. The highest BCUT2D eigenvalue weighted by Gasteiger charge is 2.28. The van der Waals surface area contributed by atoms with Crippen LogP contribution < -0.4 is 5.32 Å². The number of rotatable bonds is 3. The molecule has 1 N–H and O–H groups in total. The van der Waals surface area contributed by atoms with E-state index in [9.17, 15) is 0 Å². The summed E-state index contributed by atoms with van der Waals surface area (Å²) < 4.78 is 0. The molecule has 2 nitrogen and oxygen atoms in total. The Morgan fingerprint density at radius 2 is 1.90 bits per heavy atom. The van der Waals surface area contributed by atoms with E-state index in [0.29, 0.717) is 0 Å². The molecule has 0 radical (unpaired) electrons. The average Bonchev–Trinajstić information content (AvgIpc) is 2.91. The Kier molecular flexibility index (Phi) is 4.42. The van der Waals surface area contributed by atoms with Gasteiger partial charge in [0.1, 0.15) is 0 Å². The fourth-order valence-electron chi connectivity index (χ4n) is 4.10. The van der Waals surface area contributed by atoms with E-state index in [1.807, 2.05) is 0 Å². The first kappa shape index (κ1) is 14.1. The second kappa shape index (κ2) is 6.28. The van der Waals surface area contributed by atoms with Gasteiger partial charge in [0.15, 0.2) is 0 Å². The van der Waals surface area contributed by atoms with Gasteiger partial charge in [-0.15, -0.1) is 0 Å². The van der Waals surface area contributed by atoms with Gasteiger partial charge in [-0.05, 0) is 64.1 Å². The summed E-state index contributed by atoms with van der Waals surface area (Å²) in [6.45, 7) is 9.33. The maximum atomic E-state index is 3.70. The SMILES string of the molecule is Cc1cc(C)cc(CN2CCCC(C3CCCN3)C2)c1. The van der Waals surface area contributed by atoms with E-state index in [1.54, 1.807) is 0 Å². The topological polar surface area (TPSA) is 15.3 Å². The molecule has 1 aromatic carbocycles. The summed E-state index contributed by atoms with van der Waals surface area (Å²) in [5.74, 6) is 0.872. The number of hydrogen-bond donors (Lipinski definition) is 1. The lowest BCUT2D eigenvalue weighted by Gasteiger charge is -2.36. The van der Waals surface area contributed by atoms with E-state index < -0.39 is 0 Å². The summed E-state index contributed by atoms with van der Waals surface area (Å²) in [6, 6.07) is 7.76. The summed E-state index contributed by atoms with van der Waals surface area (Å²) in [7, 11) is 0. The van der Waals surface area contributed by atoms with Crippen LogP contribution >= 0.6 is 0 Å². The third-order valence-electron chi connectivity index (χ3n) is 4.90. The van der Waals surface area contributed by atoms with Crippen LogP contribution in [-0.4, -0.2) is 30.6 Å². The predicted octanol–water partition coefficient (Wildman–Crippen LogP) is 3.27. The van der Waals surface area contributed by atoms with Crippen LogP contribution in [0.25, 0.3) is 0 Å². The van der Waals surface area contributed by atoms with Crippen molar-refractivity contribution >= 4 is 0 Å². The van der Waals surface area contributed by atoms with Crippen molar-refractivity contribution in [1.29, 1.82) is 0 Å². The average molecular weight is 272 g/mol. The Labute approximate surface area is 123 Å². The van der Waals surface area contributed by atoms with Crippen LogP contribution in [0.1, 0.15) is 42.4 Å². The van der Waals surface area contributed by atoms with Gasteiger partial charge in [-0.2, -0.15) is 0 Å². The van der Waals surface area contributed by atoms with Crippen LogP contribution in [0, 0.1) is 19.8 Å². The minimum atomic E-state index is 0.789. The standard InChI is InChI=1S/C18H28N2/c1-14-9-15(2)11-16(10-14)12-20-8-4-5-17(13-20)18-6-3-7-19-18/h9-11,17-19H,3-8,12-13H2,1-2H3. The maximum Gasteiger partial charge on any atom is 0.0234 e. The molecule has 1 aromatic rings. The molecule has 110 valence electrons. The van der Waals surface area contributed by atoms with E-state index in [-0.39, 0.29) is 0 Å². The molecule has 0 aliphatic carbocycles. The number of piperidine rings is 1. The summed E-state index contributed by atoms with van der Waals surface area (Å²) in [5.41, 5.74) is 4.28. The summed E-state index contributed by atoms with van der Waals surface area (Å²) >= 11 is 0. The molecule has 2 saturated heterocycles. The summed E-state index contributed by atoms with van der Waals surface area (Å²) in [6.07, 6.45) is 5.55. The normalized spacial score (nSPS) is 27.9. The molecule has 2 atom stereocenters. The van der Waals surface area contributed by atoms with Gasteiger partial charge in [0.25, 0.3) is 0 Å². The van der Waals surface area contributed by atoms with Crippen molar-refractivity contribution in [2.75, 3.05) is 19.6 Å². The van der Waals surface area contributed by atoms with Gasteiger partial charge in [0.05, 0.1) is 0 Å². The van der Waals surface area contributed by atoms with E-state index in [1.165, 1.54) is 62.0 Å². The molecule has 2 heterocycles. The van der Waals surface area contributed by atoms with Crippen LogP contribution in [0.4, 0.5) is 0 Å². The Balaban J connectivity index is 1.61. The first-order chi connectivity index (χ1) is 9.70. The number of benzene rings is 1. The molecule has 2 heteroatoms. The molecule has 0 saturated carbocycles. The third kappa shape index (κ3) is 3.42. The molecular weight excluding hydrogens is 244 g/mol. The molecule has 2 aliphatic heterocycles. The number of hydrogen-bond acceptors (Lipinski definition) is 2. The first-order valence-corrected chi connectivity index (χ1v) is 8.23. The third-order valence-corrected chi connectivity index (χ3v) is 4.90. The zero-order valence-electron chi connectivity index (χ0n) is 13.0. The lowest BCUT2D eigenvalue weighted by atomic mass is 9.89. The molecule has 0 amide bonds. The molecule has 2 aliphatic rings. The van der Waals surface area contributed by atoms with Crippen molar-refractivity contribution < 1.29 is 0 Å². The summed E-state index contributed by atoms with van der Waals surface area (Å²) in [4.78, 5) is 2.67. The Hall–Kier alpha value is -0.860. The van der Waals surface area contributed by atoms with Gasteiger partial charge in [0, 0.05) is 19.1 Å². The Morgan fingerprint density at radius 3 is 2.60 bits per heavy atom. The fourth-order valence-corrected chi connectivity index (χ4v) is 4.10. The highest BCUT2D eigenvalue weighted by atomic mass is 15.1. The lowest BCUT2D eigenvalue weighted by Crippen LogP contribution is -2.43. The van der Waals surface area contributed by atoms with Crippen molar-refractivity contribution in [3.8, 4) is 0 Å². The van der Waals surface area contributed by atoms with Crippen LogP contribution in [0.2, 0.25) is 0 Å². The van der Waals surface area contributed by atoms with E-state index in [4.69, 9.17) is 0 Å². The molecular formula is C18H28N2. The molecule has 2 unspecified atom stereocenters. The zero-order valence-corrected chi connectivity index (χ0v) is 13.0. The second-order valence-corrected chi connectivity index (χ2v) is 6.84. The van der Waals surface area contributed by atoms with Gasteiger partial charge in [-0.1, -0.05) is 29.3 Å². The smallest absolute Gasteiger partial charge is 0.0234 e. The van der Waals surface area contributed by atoms with Gasteiger partial charge in [-0.3, -0.25) is 4.90 Å². The minimum absolute atomic E-state index is 0.789. The van der Waals surface area contributed by atoms with Crippen LogP contribution in [0.3, 0.4) is 0 Å². The Morgan fingerprint density at radius 1 is 1.10 bits per heavy atom. The van der Waals surface area contributed by atoms with Gasteiger partial charge in [-0.25, -0.2) is 0 Å². The van der Waals surface area contributed by atoms with Gasteiger partial charge >= 0.3 is 0 Å². The molecule has 0 bridgehead atoms. The number of nitrogens with one attached hydrogen (secondary N) is 1. The number of likely N-dealkylation sites (tertiary alicyclic amines) is 1. The fraction of sp³-hybridized carbons (Fsp3) is 0.667. The molecule has 20 heavy (non-hydrogen) atoms.